The predicted octanol–water partition coefficient (Wildman–Crippen LogP) is 4.58. The minimum Gasteiger partial charge on any atom is -0.462 e. The number of carbonyl (C=O) groups excluding carboxylic acids is 2. The van der Waals surface area contributed by atoms with E-state index in [2.05, 4.69) is 4.74 Å². The largest absolute Gasteiger partial charge is 0.462 e. The molecule has 142 valence electrons. The van der Waals surface area contributed by atoms with Crippen LogP contribution in [0.5, 0.6) is 0 Å². The van der Waals surface area contributed by atoms with Gasteiger partial charge in [-0.25, -0.2) is 4.79 Å². The first kappa shape index (κ1) is 21.3. The number of alkyl halides is 9. The summed E-state index contributed by atoms with van der Waals surface area (Å²) in [6.45, 7) is 1.21. The van der Waals surface area contributed by atoms with Gasteiger partial charge >= 0.3 is 29.9 Å². The molecule has 0 atom stereocenters. The monoisotopic (exact) mass is 402 g/mol. The lowest BCUT2D eigenvalue weighted by molar-refractivity contribution is -0.386. The van der Waals surface area contributed by atoms with E-state index in [1.165, 1.54) is 6.92 Å². The topological polar surface area (TPSA) is 43.4 Å². The van der Waals surface area contributed by atoms with Crippen LogP contribution in [0.1, 0.15) is 26.3 Å². The minimum atomic E-state index is -7.17. The van der Waals surface area contributed by atoms with Crippen molar-refractivity contribution >= 4 is 23.1 Å². The van der Waals surface area contributed by atoms with Crippen LogP contribution in [0.25, 0.3) is 0 Å². The summed E-state index contributed by atoms with van der Waals surface area (Å²) in [5, 5.41) is 0. The third-order valence-electron chi connectivity index (χ3n) is 2.74. The molecule has 0 aromatic carbocycles. The standard InChI is InChI=1S/C12H7F9O3S/c1-2-24-8(23)6-4-3-5(25-6)7(22)9(13,14)10(15,16)11(17,18)12(19,20)21/h3-4H,2H2,1H3. The third-order valence-corrected chi connectivity index (χ3v) is 3.80. The maximum absolute atomic E-state index is 13.5. The minimum absolute atomic E-state index is 0.113. The zero-order chi connectivity index (χ0) is 19.8. The highest BCUT2D eigenvalue weighted by molar-refractivity contribution is 7.16. The molecule has 0 radical (unpaired) electrons. The Morgan fingerprint density at radius 3 is 1.84 bits per heavy atom. The lowest BCUT2D eigenvalue weighted by atomic mass is 9.99. The molecular weight excluding hydrogens is 395 g/mol. The van der Waals surface area contributed by atoms with Crippen LogP contribution in [0.15, 0.2) is 12.1 Å². The molecule has 13 heteroatoms. The molecule has 1 aromatic heterocycles. The van der Waals surface area contributed by atoms with E-state index in [-0.39, 0.29) is 17.9 Å². The van der Waals surface area contributed by atoms with Crippen molar-refractivity contribution in [1.29, 1.82) is 0 Å². The van der Waals surface area contributed by atoms with Gasteiger partial charge in [-0.3, -0.25) is 4.79 Å². The van der Waals surface area contributed by atoms with Gasteiger partial charge in [-0.15, -0.1) is 11.3 Å². The summed E-state index contributed by atoms with van der Waals surface area (Å²) in [7, 11) is 0. The van der Waals surface area contributed by atoms with Crippen molar-refractivity contribution in [2.24, 2.45) is 0 Å². The molecule has 0 saturated carbocycles. The second-order valence-corrected chi connectivity index (χ2v) is 5.52. The van der Waals surface area contributed by atoms with Crippen molar-refractivity contribution in [2.75, 3.05) is 6.61 Å². The van der Waals surface area contributed by atoms with E-state index < -0.39 is 45.5 Å². The number of esters is 1. The predicted molar refractivity (Wildman–Crippen MR) is 65.5 cm³/mol. The number of ketones is 1. The Bertz CT molecular complexity index is 663. The van der Waals surface area contributed by atoms with Gasteiger partial charge in [0.25, 0.3) is 0 Å². The van der Waals surface area contributed by atoms with Crippen LogP contribution in [0.2, 0.25) is 0 Å². The maximum Gasteiger partial charge on any atom is 0.460 e. The molecule has 0 aliphatic rings. The molecule has 0 amide bonds. The van der Waals surface area contributed by atoms with Crippen molar-refractivity contribution in [3.8, 4) is 0 Å². The summed E-state index contributed by atoms with van der Waals surface area (Å²) in [5.74, 6) is -24.7. The fourth-order valence-corrected chi connectivity index (χ4v) is 2.32. The summed E-state index contributed by atoms with van der Waals surface area (Å²) in [4.78, 5) is 20.9. The van der Waals surface area contributed by atoms with E-state index in [1.807, 2.05) is 0 Å². The van der Waals surface area contributed by atoms with Gasteiger partial charge in [0, 0.05) is 0 Å². The van der Waals surface area contributed by atoms with Crippen LogP contribution >= 0.6 is 11.3 Å². The SMILES string of the molecule is CCOC(=O)c1ccc(C(=O)C(F)(F)C(F)(F)C(F)(F)C(F)(F)F)s1. The molecule has 0 unspecified atom stereocenters. The molecule has 0 aliphatic carbocycles. The highest BCUT2D eigenvalue weighted by Gasteiger charge is 2.83. The highest BCUT2D eigenvalue weighted by Crippen LogP contribution is 2.54. The Morgan fingerprint density at radius 1 is 0.920 bits per heavy atom. The number of hydrogen-bond donors (Lipinski definition) is 0. The quantitative estimate of drug-likeness (QED) is 0.398. The van der Waals surface area contributed by atoms with Crippen LogP contribution in [-0.4, -0.2) is 42.3 Å². The van der Waals surface area contributed by atoms with E-state index in [9.17, 15) is 49.1 Å². The molecule has 3 nitrogen and oxygen atoms in total. The van der Waals surface area contributed by atoms with Crippen molar-refractivity contribution in [2.45, 2.75) is 30.9 Å². The lowest BCUT2D eigenvalue weighted by Gasteiger charge is -2.32. The molecule has 0 aliphatic heterocycles. The van der Waals surface area contributed by atoms with Crippen LogP contribution in [0, 0.1) is 0 Å². The van der Waals surface area contributed by atoms with Gasteiger partial charge in [0.15, 0.2) is 0 Å². The van der Waals surface area contributed by atoms with Crippen LogP contribution in [0.3, 0.4) is 0 Å². The van der Waals surface area contributed by atoms with Gasteiger partial charge in [0.05, 0.1) is 11.5 Å². The summed E-state index contributed by atoms with van der Waals surface area (Å²) < 4.78 is 119. The zero-order valence-electron chi connectivity index (χ0n) is 11.9. The molecule has 1 heterocycles. The molecule has 0 bridgehead atoms. The number of ether oxygens (including phenoxy) is 1. The Kier molecular flexibility index (Phi) is 5.52. The van der Waals surface area contributed by atoms with E-state index in [1.54, 1.807) is 0 Å². The first-order chi connectivity index (χ1) is 11.1. The second-order valence-electron chi connectivity index (χ2n) is 4.43. The van der Waals surface area contributed by atoms with Crippen molar-refractivity contribution in [3.05, 3.63) is 21.9 Å². The lowest BCUT2D eigenvalue weighted by Crippen LogP contribution is -2.63. The number of halogens is 9. The zero-order valence-corrected chi connectivity index (χ0v) is 12.7. The first-order valence-corrected chi connectivity index (χ1v) is 6.94. The maximum atomic E-state index is 13.5. The van der Waals surface area contributed by atoms with Gasteiger partial charge in [-0.1, -0.05) is 0 Å². The fraction of sp³-hybridized carbons (Fsp3) is 0.500. The van der Waals surface area contributed by atoms with Crippen molar-refractivity contribution < 1.29 is 53.8 Å². The first-order valence-electron chi connectivity index (χ1n) is 6.13. The summed E-state index contributed by atoms with van der Waals surface area (Å²) >= 11 is -0.113. The second kappa shape index (κ2) is 6.50. The number of rotatable bonds is 6. The van der Waals surface area contributed by atoms with E-state index in [4.69, 9.17) is 0 Å². The van der Waals surface area contributed by atoms with Gasteiger partial charge < -0.3 is 4.74 Å². The van der Waals surface area contributed by atoms with Crippen LogP contribution < -0.4 is 0 Å². The number of carbonyl (C=O) groups is 2. The Morgan fingerprint density at radius 2 is 1.40 bits per heavy atom. The molecule has 1 rings (SSSR count). The average Bonchev–Trinajstić information content (AvgIpc) is 2.94. The van der Waals surface area contributed by atoms with Crippen molar-refractivity contribution in [3.63, 3.8) is 0 Å². The average molecular weight is 402 g/mol. The fourth-order valence-electron chi connectivity index (χ4n) is 1.44. The molecule has 1 aromatic rings. The number of thiophene rings is 1. The third kappa shape index (κ3) is 3.46. The molecular formula is C12H7F9O3S. The van der Waals surface area contributed by atoms with Crippen molar-refractivity contribution in [1.82, 2.24) is 0 Å². The Hall–Kier alpha value is -1.79. The number of hydrogen-bond acceptors (Lipinski definition) is 4. The van der Waals surface area contributed by atoms with Crippen LogP contribution in [-0.2, 0) is 4.74 Å². The van der Waals surface area contributed by atoms with Gasteiger partial charge in [0.1, 0.15) is 4.88 Å². The molecule has 0 spiro atoms. The van der Waals surface area contributed by atoms with Gasteiger partial charge in [-0.2, -0.15) is 39.5 Å². The molecule has 0 N–H and O–H groups in total. The summed E-state index contributed by atoms with van der Waals surface area (Å²) in [5.41, 5.74) is 0. The number of Topliss-reactive ketones (excluding diaryl/α,β-unsaturated/α-hetero) is 1. The smallest absolute Gasteiger partial charge is 0.460 e. The molecule has 0 fully saturated rings. The van der Waals surface area contributed by atoms with E-state index in [0.29, 0.717) is 12.1 Å². The van der Waals surface area contributed by atoms with Gasteiger partial charge in [0.2, 0.25) is 5.78 Å². The molecule has 0 saturated heterocycles. The van der Waals surface area contributed by atoms with E-state index in [0.717, 1.165) is 0 Å². The van der Waals surface area contributed by atoms with E-state index >= 15 is 0 Å². The van der Waals surface area contributed by atoms with Gasteiger partial charge in [-0.05, 0) is 19.1 Å². The summed E-state index contributed by atoms with van der Waals surface area (Å²) in [6.07, 6.45) is -7.02. The Balaban J connectivity index is 3.25. The molecule has 25 heavy (non-hydrogen) atoms. The summed E-state index contributed by atoms with van der Waals surface area (Å²) in [6, 6.07) is 1.11. The normalized spacial score (nSPS) is 13.7. The Labute approximate surface area is 137 Å². The highest BCUT2D eigenvalue weighted by atomic mass is 32.1. The van der Waals surface area contributed by atoms with Crippen LogP contribution in [0.4, 0.5) is 39.5 Å².